The highest BCUT2D eigenvalue weighted by molar-refractivity contribution is 6.63. The lowest BCUT2D eigenvalue weighted by Crippen LogP contribution is -2.41. The van der Waals surface area contributed by atoms with E-state index in [9.17, 15) is 5.11 Å². The van der Waals surface area contributed by atoms with E-state index in [1.165, 1.54) is 18.4 Å². The fraction of sp³-hybridized carbons (Fsp3) is 0.625. The highest BCUT2D eigenvalue weighted by Crippen LogP contribution is 2.42. The summed E-state index contributed by atoms with van der Waals surface area (Å²) >= 11 is 0. The first-order chi connectivity index (χ1) is 9.21. The van der Waals surface area contributed by atoms with Crippen LogP contribution in [0.15, 0.2) is 12.1 Å². The van der Waals surface area contributed by atoms with Crippen LogP contribution in [0.5, 0.6) is 5.75 Å². The lowest BCUT2D eigenvalue weighted by atomic mass is 9.74. The van der Waals surface area contributed by atoms with Crippen molar-refractivity contribution in [1.29, 1.82) is 0 Å². The Morgan fingerprint density at radius 2 is 1.65 bits per heavy atom. The van der Waals surface area contributed by atoms with Crippen LogP contribution in [0.4, 0.5) is 0 Å². The second-order valence-electron chi connectivity index (χ2n) is 7.13. The Bertz CT molecular complexity index is 508. The molecule has 1 saturated heterocycles. The standard InChI is InChI=1S/C16H23BO3/c1-10-8-12(11-6-7-11)9-13(18)14(10)17-19-15(2,3)16(4,5)20-17/h8-9,11,18H,6-7H2,1-5H3. The Hall–Kier alpha value is -0.995. The Kier molecular flexibility index (Phi) is 2.97. The van der Waals surface area contributed by atoms with Crippen LogP contribution < -0.4 is 5.46 Å². The number of rotatable bonds is 2. The maximum Gasteiger partial charge on any atom is 0.498 e. The van der Waals surface area contributed by atoms with Gasteiger partial charge in [0.05, 0.1) is 11.2 Å². The Morgan fingerprint density at radius 3 is 2.10 bits per heavy atom. The fourth-order valence-corrected chi connectivity index (χ4v) is 2.73. The van der Waals surface area contributed by atoms with Gasteiger partial charge in [-0.3, -0.25) is 0 Å². The minimum atomic E-state index is -0.492. The number of aromatic hydroxyl groups is 1. The SMILES string of the molecule is Cc1cc(C2CC2)cc(O)c1B1OC(C)(C)C(C)(C)O1. The quantitative estimate of drug-likeness (QED) is 0.843. The molecule has 1 aromatic carbocycles. The summed E-state index contributed by atoms with van der Waals surface area (Å²) in [6.45, 7) is 10.1. The molecule has 1 heterocycles. The molecule has 1 aliphatic heterocycles. The van der Waals surface area contributed by atoms with E-state index < -0.39 is 7.12 Å². The van der Waals surface area contributed by atoms with Crippen LogP contribution in [0.3, 0.4) is 0 Å². The van der Waals surface area contributed by atoms with E-state index in [-0.39, 0.29) is 11.2 Å². The van der Waals surface area contributed by atoms with E-state index in [1.54, 1.807) is 0 Å². The van der Waals surface area contributed by atoms with E-state index in [1.807, 2.05) is 40.7 Å². The molecule has 0 unspecified atom stereocenters. The maximum atomic E-state index is 10.4. The molecule has 0 atom stereocenters. The van der Waals surface area contributed by atoms with Crippen LogP contribution in [-0.2, 0) is 9.31 Å². The first kappa shape index (κ1) is 14.0. The molecule has 2 aliphatic rings. The molecular weight excluding hydrogens is 251 g/mol. The fourth-order valence-electron chi connectivity index (χ4n) is 2.73. The molecule has 1 aliphatic carbocycles. The summed E-state index contributed by atoms with van der Waals surface area (Å²) in [5.74, 6) is 0.928. The zero-order chi connectivity index (χ0) is 14.7. The largest absolute Gasteiger partial charge is 0.508 e. The molecular formula is C16H23BO3. The average Bonchev–Trinajstić information content (AvgIpc) is 3.06. The van der Waals surface area contributed by atoms with Crippen molar-refractivity contribution in [2.24, 2.45) is 0 Å². The van der Waals surface area contributed by atoms with E-state index >= 15 is 0 Å². The van der Waals surface area contributed by atoms with Crippen LogP contribution in [0.2, 0.25) is 0 Å². The van der Waals surface area contributed by atoms with Crippen LogP contribution in [0, 0.1) is 6.92 Å². The monoisotopic (exact) mass is 274 g/mol. The third-order valence-electron chi connectivity index (χ3n) is 4.93. The van der Waals surface area contributed by atoms with Gasteiger partial charge in [0.1, 0.15) is 5.75 Å². The number of hydrogen-bond acceptors (Lipinski definition) is 3. The normalized spacial score (nSPS) is 24.1. The molecule has 20 heavy (non-hydrogen) atoms. The van der Waals surface area contributed by atoms with Crippen molar-refractivity contribution in [2.45, 2.75) is 64.6 Å². The molecule has 3 rings (SSSR count). The van der Waals surface area contributed by atoms with Gasteiger partial charge in [0.15, 0.2) is 0 Å². The Labute approximate surface area is 121 Å². The molecule has 3 nitrogen and oxygen atoms in total. The highest BCUT2D eigenvalue weighted by atomic mass is 16.7. The van der Waals surface area contributed by atoms with Gasteiger partial charge in [0.25, 0.3) is 0 Å². The number of phenolic OH excluding ortho intramolecular Hbond substituents is 1. The second kappa shape index (κ2) is 4.25. The van der Waals surface area contributed by atoms with Gasteiger partial charge in [0, 0.05) is 5.46 Å². The van der Waals surface area contributed by atoms with Gasteiger partial charge in [-0.05, 0) is 70.6 Å². The Morgan fingerprint density at radius 1 is 1.10 bits per heavy atom. The van der Waals surface area contributed by atoms with E-state index in [4.69, 9.17) is 9.31 Å². The molecule has 0 bridgehead atoms. The number of aryl methyl sites for hydroxylation is 1. The van der Waals surface area contributed by atoms with Gasteiger partial charge in [0.2, 0.25) is 0 Å². The molecule has 1 N–H and O–H groups in total. The van der Waals surface area contributed by atoms with Crippen molar-refractivity contribution in [3.05, 3.63) is 23.3 Å². The molecule has 0 spiro atoms. The Balaban J connectivity index is 1.95. The minimum Gasteiger partial charge on any atom is -0.508 e. The van der Waals surface area contributed by atoms with Crippen molar-refractivity contribution in [3.8, 4) is 5.75 Å². The molecule has 1 aromatic rings. The summed E-state index contributed by atoms with van der Waals surface area (Å²) < 4.78 is 12.1. The molecule has 4 heteroatoms. The molecule has 0 aromatic heterocycles. The maximum absolute atomic E-state index is 10.4. The highest BCUT2D eigenvalue weighted by Gasteiger charge is 2.52. The number of benzene rings is 1. The molecule has 0 amide bonds. The topological polar surface area (TPSA) is 38.7 Å². The summed E-state index contributed by atoms with van der Waals surface area (Å²) in [6.07, 6.45) is 2.46. The van der Waals surface area contributed by atoms with Crippen molar-refractivity contribution in [1.82, 2.24) is 0 Å². The zero-order valence-electron chi connectivity index (χ0n) is 13.0. The average molecular weight is 274 g/mol. The summed E-state index contributed by atoms with van der Waals surface area (Å²) in [5, 5.41) is 10.4. The van der Waals surface area contributed by atoms with Crippen molar-refractivity contribution >= 4 is 12.6 Å². The van der Waals surface area contributed by atoms with Crippen LogP contribution in [0.1, 0.15) is 57.6 Å². The second-order valence-corrected chi connectivity index (χ2v) is 7.13. The van der Waals surface area contributed by atoms with Crippen molar-refractivity contribution in [3.63, 3.8) is 0 Å². The van der Waals surface area contributed by atoms with Crippen molar-refractivity contribution < 1.29 is 14.4 Å². The van der Waals surface area contributed by atoms with Crippen LogP contribution >= 0.6 is 0 Å². The van der Waals surface area contributed by atoms with Crippen LogP contribution in [-0.4, -0.2) is 23.4 Å². The molecule has 2 fully saturated rings. The van der Waals surface area contributed by atoms with Gasteiger partial charge < -0.3 is 14.4 Å². The summed E-state index contributed by atoms with van der Waals surface area (Å²) in [7, 11) is -0.492. The van der Waals surface area contributed by atoms with Gasteiger partial charge in [-0.15, -0.1) is 0 Å². The first-order valence-electron chi connectivity index (χ1n) is 7.40. The van der Waals surface area contributed by atoms with Gasteiger partial charge in [-0.1, -0.05) is 6.07 Å². The van der Waals surface area contributed by atoms with Crippen molar-refractivity contribution in [2.75, 3.05) is 0 Å². The summed E-state index contributed by atoms with van der Waals surface area (Å²) in [5.41, 5.74) is 2.29. The van der Waals surface area contributed by atoms with E-state index in [0.717, 1.165) is 11.0 Å². The number of phenols is 1. The smallest absolute Gasteiger partial charge is 0.498 e. The summed E-state index contributed by atoms with van der Waals surface area (Å²) in [4.78, 5) is 0. The van der Waals surface area contributed by atoms with Crippen LogP contribution in [0.25, 0.3) is 0 Å². The zero-order valence-corrected chi connectivity index (χ0v) is 13.0. The summed E-state index contributed by atoms with van der Waals surface area (Å²) in [6, 6.07) is 4.04. The lowest BCUT2D eigenvalue weighted by Gasteiger charge is -2.32. The predicted molar refractivity (Wildman–Crippen MR) is 80.5 cm³/mol. The van der Waals surface area contributed by atoms with Gasteiger partial charge in [-0.25, -0.2) is 0 Å². The lowest BCUT2D eigenvalue weighted by molar-refractivity contribution is 0.00578. The molecule has 1 saturated carbocycles. The minimum absolute atomic E-state index is 0.297. The third-order valence-corrected chi connectivity index (χ3v) is 4.93. The number of hydrogen-bond donors (Lipinski definition) is 1. The molecule has 108 valence electrons. The first-order valence-corrected chi connectivity index (χ1v) is 7.40. The third kappa shape index (κ3) is 2.15. The van der Waals surface area contributed by atoms with E-state index in [2.05, 4.69) is 6.07 Å². The van der Waals surface area contributed by atoms with Gasteiger partial charge in [-0.2, -0.15) is 0 Å². The predicted octanol–water partition coefficient (Wildman–Crippen LogP) is 2.88. The van der Waals surface area contributed by atoms with E-state index in [0.29, 0.717) is 11.7 Å². The van der Waals surface area contributed by atoms with Gasteiger partial charge >= 0.3 is 7.12 Å². The molecule has 0 radical (unpaired) electrons.